The average molecular weight is 396 g/mol. The number of H-pyrrole nitrogens is 1. The number of primary amides is 1. The number of nitrogens with one attached hydrogen (secondary N) is 3. The Balaban J connectivity index is 1.73. The van der Waals surface area contributed by atoms with Crippen LogP contribution in [0.2, 0.25) is 0 Å². The van der Waals surface area contributed by atoms with Crippen LogP contribution < -0.4 is 16.8 Å². The van der Waals surface area contributed by atoms with Crippen LogP contribution in [-0.2, 0) is 0 Å². The van der Waals surface area contributed by atoms with Crippen molar-refractivity contribution in [3.8, 4) is 0 Å². The summed E-state index contributed by atoms with van der Waals surface area (Å²) >= 11 is 0. The number of benzene rings is 1. The van der Waals surface area contributed by atoms with Crippen molar-refractivity contribution in [2.24, 2.45) is 17.4 Å². The molecule has 150 valence electrons. The Morgan fingerprint density at radius 2 is 2.07 bits per heavy atom. The van der Waals surface area contributed by atoms with E-state index in [2.05, 4.69) is 25.5 Å². The number of hydrogen-bond donors (Lipinski definition) is 5. The molecule has 10 heteroatoms. The molecule has 1 fully saturated rings. The first-order valence-electron chi connectivity index (χ1n) is 9.36. The molecule has 1 aromatic carbocycles. The van der Waals surface area contributed by atoms with Crippen LogP contribution >= 0.6 is 0 Å². The number of carbonyl (C=O) groups excluding carboxylic acids is 1. The van der Waals surface area contributed by atoms with Crippen LogP contribution in [0.15, 0.2) is 24.4 Å². The Morgan fingerprint density at radius 1 is 1.28 bits per heavy atom. The molecule has 0 bridgehead atoms. The molecule has 0 radical (unpaired) electrons. The SMILES string of the molecule is N=C(c1nnc(C(N)=O)c(Nc2cc(F)cc3cc[nH]c23)n1)[C@@H]1CCCC[C@@H]1N. The zero-order valence-electron chi connectivity index (χ0n) is 15.6. The summed E-state index contributed by atoms with van der Waals surface area (Å²) in [4.78, 5) is 19.1. The van der Waals surface area contributed by atoms with Gasteiger partial charge in [0.2, 0.25) is 0 Å². The summed E-state index contributed by atoms with van der Waals surface area (Å²) in [7, 11) is 0. The summed E-state index contributed by atoms with van der Waals surface area (Å²) in [5.41, 5.74) is 12.5. The topological polar surface area (TPSA) is 159 Å². The lowest BCUT2D eigenvalue weighted by Gasteiger charge is -2.28. The first-order valence-corrected chi connectivity index (χ1v) is 9.36. The van der Waals surface area contributed by atoms with Gasteiger partial charge in [0.05, 0.1) is 16.9 Å². The second-order valence-corrected chi connectivity index (χ2v) is 7.19. The number of rotatable bonds is 5. The summed E-state index contributed by atoms with van der Waals surface area (Å²) in [5, 5.41) is 19.9. The maximum Gasteiger partial charge on any atom is 0.273 e. The van der Waals surface area contributed by atoms with Crippen LogP contribution in [0.3, 0.4) is 0 Å². The number of anilines is 2. The Kier molecular flexibility index (Phi) is 4.93. The molecule has 7 N–H and O–H groups in total. The number of nitrogens with two attached hydrogens (primary N) is 2. The van der Waals surface area contributed by atoms with Gasteiger partial charge in [0.1, 0.15) is 5.82 Å². The molecule has 2 aromatic heterocycles. The van der Waals surface area contributed by atoms with Crippen molar-refractivity contribution < 1.29 is 9.18 Å². The van der Waals surface area contributed by atoms with Gasteiger partial charge in [0.15, 0.2) is 17.3 Å². The molecule has 1 amide bonds. The van der Waals surface area contributed by atoms with Crippen LogP contribution in [-0.4, -0.2) is 37.8 Å². The van der Waals surface area contributed by atoms with Crippen molar-refractivity contribution in [3.63, 3.8) is 0 Å². The largest absolute Gasteiger partial charge is 0.364 e. The highest BCUT2D eigenvalue weighted by molar-refractivity contribution is 6.01. The molecule has 1 aliphatic rings. The first-order chi connectivity index (χ1) is 13.9. The van der Waals surface area contributed by atoms with E-state index in [-0.39, 0.29) is 35.0 Å². The number of aromatic amines is 1. The Hall–Kier alpha value is -3.40. The molecule has 0 spiro atoms. The average Bonchev–Trinajstić information content (AvgIpc) is 3.16. The van der Waals surface area contributed by atoms with Gasteiger partial charge in [-0.1, -0.05) is 12.8 Å². The van der Waals surface area contributed by atoms with Gasteiger partial charge >= 0.3 is 0 Å². The van der Waals surface area contributed by atoms with Gasteiger partial charge in [-0.3, -0.25) is 4.79 Å². The third-order valence-electron chi connectivity index (χ3n) is 5.23. The van der Waals surface area contributed by atoms with E-state index in [0.29, 0.717) is 16.6 Å². The lowest BCUT2D eigenvalue weighted by Crippen LogP contribution is -2.39. The van der Waals surface area contributed by atoms with Gasteiger partial charge in [0.25, 0.3) is 5.91 Å². The van der Waals surface area contributed by atoms with Gasteiger partial charge in [0, 0.05) is 23.5 Å². The van der Waals surface area contributed by atoms with E-state index in [9.17, 15) is 9.18 Å². The summed E-state index contributed by atoms with van der Waals surface area (Å²) in [6.45, 7) is 0. The van der Waals surface area contributed by atoms with E-state index < -0.39 is 11.7 Å². The molecule has 0 aliphatic heterocycles. The van der Waals surface area contributed by atoms with E-state index in [1.54, 1.807) is 12.3 Å². The fourth-order valence-corrected chi connectivity index (χ4v) is 3.74. The number of nitrogens with zero attached hydrogens (tertiary/aromatic N) is 3. The molecule has 2 atom stereocenters. The zero-order valence-corrected chi connectivity index (χ0v) is 15.6. The van der Waals surface area contributed by atoms with Crippen molar-refractivity contribution in [1.29, 1.82) is 5.41 Å². The molecule has 0 unspecified atom stereocenters. The predicted octanol–water partition coefficient (Wildman–Crippen LogP) is 2.22. The fraction of sp³-hybridized carbons (Fsp3) is 0.316. The number of hydrogen-bond acceptors (Lipinski definition) is 7. The van der Waals surface area contributed by atoms with E-state index >= 15 is 0 Å². The number of aromatic nitrogens is 4. The van der Waals surface area contributed by atoms with Crippen molar-refractivity contribution >= 4 is 34.0 Å². The molecular formula is C19H21FN8O. The van der Waals surface area contributed by atoms with Gasteiger partial charge in [-0.05, 0) is 31.0 Å². The molecule has 1 saturated carbocycles. The zero-order chi connectivity index (χ0) is 20.5. The second kappa shape index (κ2) is 7.55. The summed E-state index contributed by atoms with van der Waals surface area (Å²) in [6.07, 6.45) is 5.29. The number of carbonyl (C=O) groups is 1. The number of fused-ring (bicyclic) bond motifs is 1. The quantitative estimate of drug-likeness (QED) is 0.416. The maximum absolute atomic E-state index is 14.0. The van der Waals surface area contributed by atoms with Crippen LogP contribution in [0, 0.1) is 17.1 Å². The van der Waals surface area contributed by atoms with E-state index in [1.807, 2.05) is 0 Å². The third kappa shape index (κ3) is 3.66. The van der Waals surface area contributed by atoms with Gasteiger partial charge in [-0.15, -0.1) is 10.2 Å². The van der Waals surface area contributed by atoms with Crippen molar-refractivity contribution in [2.45, 2.75) is 31.7 Å². The monoisotopic (exact) mass is 396 g/mol. The molecule has 2 heterocycles. The lowest BCUT2D eigenvalue weighted by atomic mass is 9.81. The number of halogens is 1. The Labute approximate surface area is 165 Å². The van der Waals surface area contributed by atoms with Crippen molar-refractivity contribution in [2.75, 3.05) is 5.32 Å². The molecule has 29 heavy (non-hydrogen) atoms. The Morgan fingerprint density at radius 3 is 2.83 bits per heavy atom. The van der Waals surface area contributed by atoms with Crippen LogP contribution in [0.25, 0.3) is 10.9 Å². The first kappa shape index (κ1) is 18.9. The van der Waals surface area contributed by atoms with Crippen molar-refractivity contribution in [3.05, 3.63) is 41.7 Å². The summed E-state index contributed by atoms with van der Waals surface area (Å²) in [5.74, 6) is -1.39. The highest BCUT2D eigenvalue weighted by Gasteiger charge is 2.29. The minimum atomic E-state index is -0.834. The van der Waals surface area contributed by atoms with Crippen LogP contribution in [0.5, 0.6) is 0 Å². The third-order valence-corrected chi connectivity index (χ3v) is 5.23. The van der Waals surface area contributed by atoms with E-state index in [0.717, 1.165) is 25.7 Å². The highest BCUT2D eigenvalue weighted by atomic mass is 19.1. The second-order valence-electron chi connectivity index (χ2n) is 7.19. The fourth-order valence-electron chi connectivity index (χ4n) is 3.74. The minimum absolute atomic E-state index is 0.0122. The highest BCUT2D eigenvalue weighted by Crippen LogP contribution is 2.28. The molecule has 0 saturated heterocycles. The van der Waals surface area contributed by atoms with Crippen LogP contribution in [0.4, 0.5) is 15.9 Å². The molecular weight excluding hydrogens is 375 g/mol. The van der Waals surface area contributed by atoms with Crippen LogP contribution in [0.1, 0.15) is 42.0 Å². The van der Waals surface area contributed by atoms with Crippen molar-refractivity contribution in [1.82, 2.24) is 20.2 Å². The van der Waals surface area contributed by atoms with E-state index in [1.165, 1.54) is 12.1 Å². The molecule has 4 rings (SSSR count). The predicted molar refractivity (Wildman–Crippen MR) is 107 cm³/mol. The molecule has 3 aromatic rings. The summed E-state index contributed by atoms with van der Waals surface area (Å²) in [6, 6.07) is 4.24. The van der Waals surface area contributed by atoms with Gasteiger partial charge in [-0.25, -0.2) is 9.37 Å². The Bertz CT molecular complexity index is 1100. The lowest BCUT2D eigenvalue weighted by molar-refractivity contribution is 0.0995. The maximum atomic E-state index is 14.0. The standard InChI is InChI=1S/C19H21FN8O/c20-10-7-9-5-6-24-15(9)13(8-10)25-19-16(17(23)29)27-28-18(26-19)14(22)11-3-1-2-4-12(11)21/h5-8,11-12,22,24H,1-4,21H2,(H2,23,29)(H,25,26,28)/t11-,12+/m1/s1. The van der Waals surface area contributed by atoms with Gasteiger partial charge in [-0.2, -0.15) is 0 Å². The number of amides is 1. The smallest absolute Gasteiger partial charge is 0.273 e. The van der Waals surface area contributed by atoms with E-state index in [4.69, 9.17) is 16.9 Å². The minimum Gasteiger partial charge on any atom is -0.364 e. The normalized spacial score (nSPS) is 19.2. The van der Waals surface area contributed by atoms with Gasteiger partial charge < -0.3 is 27.2 Å². The molecule has 1 aliphatic carbocycles. The molecule has 9 nitrogen and oxygen atoms in total. The summed E-state index contributed by atoms with van der Waals surface area (Å²) < 4.78 is 14.0.